The monoisotopic (exact) mass is 386 g/mol. The molecule has 150 valence electrons. The molecule has 2 bridgehead atoms. The number of benzene rings is 1. The average molecular weight is 386 g/mol. The minimum atomic E-state index is -0.707. The van der Waals surface area contributed by atoms with Crippen molar-refractivity contribution in [1.82, 2.24) is 10.2 Å². The Morgan fingerprint density at radius 1 is 1.29 bits per heavy atom. The lowest BCUT2D eigenvalue weighted by atomic mass is 9.59. The Morgan fingerprint density at radius 2 is 2.11 bits per heavy atom. The fourth-order valence-corrected chi connectivity index (χ4v) is 5.44. The van der Waals surface area contributed by atoms with E-state index in [1.807, 2.05) is 4.90 Å². The zero-order valence-corrected chi connectivity index (χ0v) is 16.1. The maximum absolute atomic E-state index is 13.1. The van der Waals surface area contributed by atoms with E-state index in [1.54, 1.807) is 25.3 Å². The summed E-state index contributed by atoms with van der Waals surface area (Å²) in [5, 5.41) is 3.15. The molecule has 5 aliphatic rings. The van der Waals surface area contributed by atoms with Gasteiger partial charge in [0.05, 0.1) is 25.9 Å². The molecule has 2 aliphatic heterocycles. The van der Waals surface area contributed by atoms with E-state index in [-0.39, 0.29) is 29.6 Å². The number of methoxy groups -OCH3 is 1. The van der Waals surface area contributed by atoms with Gasteiger partial charge in [-0.1, -0.05) is 0 Å². The Morgan fingerprint density at radius 3 is 2.82 bits per heavy atom. The topological polar surface area (TPSA) is 77.1 Å². The molecule has 1 N–H and O–H groups in total. The summed E-state index contributed by atoms with van der Waals surface area (Å²) < 4.78 is 17.1. The molecule has 1 aromatic rings. The van der Waals surface area contributed by atoms with E-state index in [1.165, 1.54) is 0 Å². The van der Waals surface area contributed by atoms with Gasteiger partial charge in [0.25, 0.3) is 5.91 Å². The molecule has 4 atom stereocenters. The molecular weight excluding hydrogens is 360 g/mol. The van der Waals surface area contributed by atoms with Crippen molar-refractivity contribution >= 4 is 11.8 Å². The summed E-state index contributed by atoms with van der Waals surface area (Å²) in [6, 6.07) is 5.29. The first-order valence-corrected chi connectivity index (χ1v) is 10.2. The second-order valence-corrected chi connectivity index (χ2v) is 8.33. The highest BCUT2D eigenvalue weighted by molar-refractivity contribution is 5.98. The van der Waals surface area contributed by atoms with Crippen molar-refractivity contribution in [3.05, 3.63) is 23.8 Å². The van der Waals surface area contributed by atoms with Crippen LogP contribution >= 0.6 is 0 Å². The summed E-state index contributed by atoms with van der Waals surface area (Å²) in [5.74, 6) is 1.78. The van der Waals surface area contributed by atoms with Gasteiger partial charge in [0, 0.05) is 37.4 Å². The number of carbonyl (C=O) groups is 2. The number of ether oxygens (including phenoxy) is 3. The number of amides is 2. The van der Waals surface area contributed by atoms with Gasteiger partial charge in [0.2, 0.25) is 5.91 Å². The number of nitrogens with zero attached hydrogens (tertiary/aromatic N) is 1. The van der Waals surface area contributed by atoms with Crippen LogP contribution in [0.4, 0.5) is 0 Å². The van der Waals surface area contributed by atoms with Gasteiger partial charge < -0.3 is 24.4 Å². The molecule has 6 rings (SSSR count). The van der Waals surface area contributed by atoms with Gasteiger partial charge in [-0.25, -0.2) is 0 Å². The molecule has 28 heavy (non-hydrogen) atoms. The number of rotatable bonds is 2. The summed E-state index contributed by atoms with van der Waals surface area (Å²) in [6.45, 7) is 2.60. The molecule has 3 saturated carbocycles. The predicted molar refractivity (Wildman–Crippen MR) is 100 cm³/mol. The number of hydrogen-bond acceptors (Lipinski definition) is 5. The highest BCUT2D eigenvalue weighted by Crippen LogP contribution is 2.53. The van der Waals surface area contributed by atoms with Crippen molar-refractivity contribution in [2.24, 2.45) is 17.8 Å². The van der Waals surface area contributed by atoms with Crippen molar-refractivity contribution in [3.8, 4) is 11.5 Å². The Kier molecular flexibility index (Phi) is 4.23. The normalized spacial score (nSPS) is 33.8. The smallest absolute Gasteiger partial charge is 0.258 e. The lowest BCUT2D eigenvalue weighted by molar-refractivity contribution is -0.158. The summed E-state index contributed by atoms with van der Waals surface area (Å²) in [6.07, 6.45) is 3.43. The van der Waals surface area contributed by atoms with E-state index in [9.17, 15) is 9.59 Å². The van der Waals surface area contributed by atoms with Crippen LogP contribution in [0.5, 0.6) is 11.5 Å². The highest BCUT2D eigenvalue weighted by Gasteiger charge is 2.57. The molecule has 0 unspecified atom stereocenters. The van der Waals surface area contributed by atoms with E-state index in [0.29, 0.717) is 49.8 Å². The second kappa shape index (κ2) is 6.65. The Bertz CT molecular complexity index is 806. The number of nitrogens with one attached hydrogen (secondary N) is 1. The molecule has 7 nitrogen and oxygen atoms in total. The fraction of sp³-hybridized carbons (Fsp3) is 0.619. The lowest BCUT2D eigenvalue weighted by Crippen LogP contribution is -2.67. The van der Waals surface area contributed by atoms with Crippen molar-refractivity contribution in [2.45, 2.75) is 31.4 Å². The van der Waals surface area contributed by atoms with Crippen LogP contribution in [0, 0.1) is 17.8 Å². The largest absolute Gasteiger partial charge is 0.497 e. The van der Waals surface area contributed by atoms with Crippen molar-refractivity contribution < 1.29 is 23.8 Å². The molecule has 4 fully saturated rings. The number of fused-ring (bicyclic) bond motifs is 3. The SMILES string of the molecule is COc1ccc2c(c1)O[C@]1(C[C@H]3CC[C@@H]1C[C@@H]3C(=O)N1CCOCC1)NC2=O. The number of morpholine rings is 1. The molecule has 0 radical (unpaired) electrons. The second-order valence-electron chi connectivity index (χ2n) is 8.33. The van der Waals surface area contributed by atoms with E-state index in [0.717, 1.165) is 19.3 Å². The molecule has 2 heterocycles. The molecule has 1 aromatic carbocycles. The van der Waals surface area contributed by atoms with Crippen LogP contribution in [-0.4, -0.2) is 55.9 Å². The quantitative estimate of drug-likeness (QED) is 0.839. The molecule has 1 saturated heterocycles. The highest BCUT2D eigenvalue weighted by atomic mass is 16.5. The number of carbonyl (C=O) groups excluding carboxylic acids is 2. The van der Waals surface area contributed by atoms with Crippen LogP contribution in [0.2, 0.25) is 0 Å². The maximum Gasteiger partial charge on any atom is 0.258 e. The molecule has 1 spiro atoms. The van der Waals surface area contributed by atoms with E-state index in [2.05, 4.69) is 5.32 Å². The zero-order chi connectivity index (χ0) is 19.3. The minimum Gasteiger partial charge on any atom is -0.497 e. The average Bonchev–Trinajstić information content (AvgIpc) is 2.73. The third kappa shape index (κ3) is 2.75. The van der Waals surface area contributed by atoms with Crippen LogP contribution in [0.3, 0.4) is 0 Å². The van der Waals surface area contributed by atoms with Crippen LogP contribution in [0.25, 0.3) is 0 Å². The fourth-order valence-electron chi connectivity index (χ4n) is 5.44. The zero-order valence-electron chi connectivity index (χ0n) is 16.1. The van der Waals surface area contributed by atoms with Gasteiger partial charge in [-0.15, -0.1) is 0 Å². The van der Waals surface area contributed by atoms with Gasteiger partial charge in [0.15, 0.2) is 5.72 Å². The van der Waals surface area contributed by atoms with Crippen molar-refractivity contribution in [3.63, 3.8) is 0 Å². The van der Waals surface area contributed by atoms with Gasteiger partial charge >= 0.3 is 0 Å². The van der Waals surface area contributed by atoms with Gasteiger partial charge in [-0.05, 0) is 37.3 Å². The van der Waals surface area contributed by atoms with Crippen molar-refractivity contribution in [2.75, 3.05) is 33.4 Å². The van der Waals surface area contributed by atoms with Gasteiger partial charge in [0.1, 0.15) is 11.5 Å². The molecular formula is C21H26N2O5. The van der Waals surface area contributed by atoms with Crippen LogP contribution in [0.1, 0.15) is 36.0 Å². The molecule has 7 heteroatoms. The van der Waals surface area contributed by atoms with E-state index in [4.69, 9.17) is 14.2 Å². The summed E-state index contributed by atoms with van der Waals surface area (Å²) in [7, 11) is 1.60. The first kappa shape index (κ1) is 17.8. The molecule has 3 aliphatic carbocycles. The van der Waals surface area contributed by atoms with E-state index < -0.39 is 5.72 Å². The summed E-state index contributed by atoms with van der Waals surface area (Å²) >= 11 is 0. The first-order valence-electron chi connectivity index (χ1n) is 10.2. The molecule has 0 aromatic heterocycles. The summed E-state index contributed by atoms with van der Waals surface area (Å²) in [4.78, 5) is 27.8. The van der Waals surface area contributed by atoms with E-state index >= 15 is 0 Å². The lowest BCUT2D eigenvalue weighted by Gasteiger charge is -2.55. The van der Waals surface area contributed by atoms with Gasteiger partial charge in [-0.3, -0.25) is 9.59 Å². The van der Waals surface area contributed by atoms with Crippen molar-refractivity contribution in [1.29, 1.82) is 0 Å². The molecule has 2 amide bonds. The minimum absolute atomic E-state index is 0.0229. The van der Waals surface area contributed by atoms with Crippen LogP contribution < -0.4 is 14.8 Å². The third-order valence-electron chi connectivity index (χ3n) is 6.91. The Balaban J connectivity index is 1.38. The third-order valence-corrected chi connectivity index (χ3v) is 6.91. The van der Waals surface area contributed by atoms with Crippen LogP contribution in [-0.2, 0) is 9.53 Å². The Labute approximate surface area is 164 Å². The Hall–Kier alpha value is -2.28. The number of hydrogen-bond donors (Lipinski definition) is 1. The first-order chi connectivity index (χ1) is 13.6. The summed E-state index contributed by atoms with van der Waals surface area (Å²) in [5.41, 5.74) is -0.171. The standard InChI is InChI=1S/C21H26N2O5/c1-26-15-4-5-16-18(11-15)28-21(22-19(16)24)12-13-2-3-14(21)10-17(13)20(25)23-6-8-27-9-7-23/h4-5,11,13-14,17H,2-3,6-10,12H2,1H3,(H,22,24)/t13-,14-,17+,21+/m1/s1. The van der Waals surface area contributed by atoms with Crippen LogP contribution in [0.15, 0.2) is 18.2 Å². The predicted octanol–water partition coefficient (Wildman–Crippen LogP) is 1.81. The van der Waals surface area contributed by atoms with Gasteiger partial charge in [-0.2, -0.15) is 0 Å². The maximum atomic E-state index is 13.1.